The van der Waals surface area contributed by atoms with Crippen LogP contribution >= 0.6 is 0 Å². The Labute approximate surface area is 113 Å². The molecule has 0 unspecified atom stereocenters. The van der Waals surface area contributed by atoms with Crippen LogP contribution in [0.2, 0.25) is 0 Å². The molecule has 1 aliphatic heterocycles. The maximum atomic E-state index is 11.9. The molecule has 2 atom stereocenters. The van der Waals surface area contributed by atoms with Crippen LogP contribution < -0.4 is 0 Å². The molecule has 0 aromatic heterocycles. The molecule has 0 N–H and O–H groups in total. The number of ether oxygens (including phenoxy) is 2. The van der Waals surface area contributed by atoms with E-state index in [1.165, 1.54) is 32.1 Å². The van der Waals surface area contributed by atoms with Crippen LogP contribution in [0.5, 0.6) is 0 Å². The Morgan fingerprint density at radius 1 is 1.16 bits per heavy atom. The van der Waals surface area contributed by atoms with Crippen LogP contribution in [0.15, 0.2) is 30.3 Å². The van der Waals surface area contributed by atoms with Gasteiger partial charge >= 0.3 is 5.97 Å². The minimum atomic E-state index is -0.299. The molecule has 3 rings (SSSR count). The Morgan fingerprint density at radius 2 is 1.89 bits per heavy atom. The fourth-order valence-electron chi connectivity index (χ4n) is 2.95. The topological polar surface area (TPSA) is 38.8 Å². The zero-order chi connectivity index (χ0) is 13.1. The molecule has 1 aromatic carbocycles. The van der Waals surface area contributed by atoms with E-state index in [0.717, 1.165) is 5.56 Å². The third-order valence-corrected chi connectivity index (χ3v) is 4.10. The SMILES string of the molecule is O=C(OCc1ccccc1)[C@H]1O[C@@H]1C1CCCCC1. The van der Waals surface area contributed by atoms with E-state index < -0.39 is 0 Å². The Balaban J connectivity index is 1.45. The molecule has 1 heterocycles. The summed E-state index contributed by atoms with van der Waals surface area (Å²) < 4.78 is 10.8. The molecule has 2 aliphatic rings. The molecular formula is C16H20O3. The molecule has 1 aliphatic carbocycles. The second kappa shape index (κ2) is 5.74. The third kappa shape index (κ3) is 3.16. The lowest BCUT2D eigenvalue weighted by Crippen LogP contribution is -2.20. The van der Waals surface area contributed by atoms with Crippen LogP contribution in [0.3, 0.4) is 0 Å². The lowest BCUT2D eigenvalue weighted by Gasteiger charge is -2.19. The van der Waals surface area contributed by atoms with Crippen LogP contribution in [0.4, 0.5) is 0 Å². The van der Waals surface area contributed by atoms with Crippen LogP contribution in [-0.2, 0) is 20.9 Å². The largest absolute Gasteiger partial charge is 0.459 e. The molecule has 0 amide bonds. The Bertz CT molecular complexity index is 423. The first kappa shape index (κ1) is 12.7. The zero-order valence-electron chi connectivity index (χ0n) is 11.1. The van der Waals surface area contributed by atoms with Gasteiger partial charge < -0.3 is 9.47 Å². The summed E-state index contributed by atoms with van der Waals surface area (Å²) in [6.07, 6.45) is 6.11. The Kier molecular flexibility index (Phi) is 3.83. The third-order valence-electron chi connectivity index (χ3n) is 4.10. The minimum absolute atomic E-state index is 0.128. The van der Waals surface area contributed by atoms with Gasteiger partial charge in [-0.25, -0.2) is 4.79 Å². The molecule has 1 saturated heterocycles. The number of epoxide rings is 1. The summed E-state index contributed by atoms with van der Waals surface area (Å²) >= 11 is 0. The smallest absolute Gasteiger partial charge is 0.338 e. The van der Waals surface area contributed by atoms with E-state index in [9.17, 15) is 4.79 Å². The summed E-state index contributed by atoms with van der Waals surface area (Å²) in [5.41, 5.74) is 1.02. The fourth-order valence-corrected chi connectivity index (χ4v) is 2.95. The molecule has 0 radical (unpaired) electrons. The molecule has 102 valence electrons. The molecule has 3 nitrogen and oxygen atoms in total. The predicted octanol–water partition coefficient (Wildman–Crippen LogP) is 3.08. The van der Waals surface area contributed by atoms with E-state index in [2.05, 4.69) is 0 Å². The molecule has 2 fully saturated rings. The molecule has 19 heavy (non-hydrogen) atoms. The van der Waals surface area contributed by atoms with Crippen molar-refractivity contribution in [2.75, 3.05) is 0 Å². The first-order chi connectivity index (χ1) is 9.34. The molecule has 0 spiro atoms. The van der Waals surface area contributed by atoms with Crippen LogP contribution in [0.1, 0.15) is 37.7 Å². The average Bonchev–Trinajstić information content (AvgIpc) is 3.27. The monoisotopic (exact) mass is 260 g/mol. The Morgan fingerprint density at radius 3 is 2.63 bits per heavy atom. The van der Waals surface area contributed by atoms with Crippen molar-refractivity contribution in [1.82, 2.24) is 0 Å². The van der Waals surface area contributed by atoms with Gasteiger partial charge in [0.05, 0.1) is 6.10 Å². The van der Waals surface area contributed by atoms with Crippen molar-refractivity contribution in [3.63, 3.8) is 0 Å². The van der Waals surface area contributed by atoms with Crippen molar-refractivity contribution in [3.8, 4) is 0 Å². The highest BCUT2D eigenvalue weighted by Crippen LogP contribution is 2.38. The normalized spacial score (nSPS) is 26.9. The summed E-state index contributed by atoms with van der Waals surface area (Å²) in [5.74, 6) is 0.377. The highest BCUT2D eigenvalue weighted by atomic mass is 16.6. The van der Waals surface area contributed by atoms with Gasteiger partial charge in [-0.15, -0.1) is 0 Å². The molecule has 1 saturated carbocycles. The lowest BCUT2D eigenvalue weighted by molar-refractivity contribution is -0.146. The quantitative estimate of drug-likeness (QED) is 0.617. The standard InChI is InChI=1S/C16H20O3/c17-16(18-11-12-7-3-1-4-8-12)15-14(19-15)13-9-5-2-6-10-13/h1,3-4,7-8,13-15H,2,5-6,9-11H2/t14-,15+/m1/s1. The van der Waals surface area contributed by atoms with Crippen LogP contribution in [0, 0.1) is 5.92 Å². The average molecular weight is 260 g/mol. The number of benzene rings is 1. The molecule has 3 heteroatoms. The van der Waals surface area contributed by atoms with E-state index in [-0.39, 0.29) is 18.2 Å². The predicted molar refractivity (Wildman–Crippen MR) is 71.5 cm³/mol. The number of carbonyl (C=O) groups is 1. The Hall–Kier alpha value is -1.35. The van der Waals surface area contributed by atoms with Crippen LogP contribution in [0.25, 0.3) is 0 Å². The van der Waals surface area contributed by atoms with Gasteiger partial charge in [0, 0.05) is 0 Å². The number of esters is 1. The number of carbonyl (C=O) groups excluding carboxylic acids is 1. The van der Waals surface area contributed by atoms with Crippen molar-refractivity contribution < 1.29 is 14.3 Å². The van der Waals surface area contributed by atoms with E-state index in [0.29, 0.717) is 12.5 Å². The van der Waals surface area contributed by atoms with Gasteiger partial charge in [0.2, 0.25) is 0 Å². The highest BCUT2D eigenvalue weighted by molar-refractivity contribution is 5.78. The van der Waals surface area contributed by atoms with E-state index >= 15 is 0 Å². The highest BCUT2D eigenvalue weighted by Gasteiger charge is 2.50. The van der Waals surface area contributed by atoms with Crippen molar-refractivity contribution >= 4 is 5.97 Å². The van der Waals surface area contributed by atoms with E-state index in [1.54, 1.807) is 0 Å². The van der Waals surface area contributed by atoms with Gasteiger partial charge in [-0.05, 0) is 24.3 Å². The number of hydrogen-bond acceptors (Lipinski definition) is 3. The summed E-state index contributed by atoms with van der Waals surface area (Å²) in [6.45, 7) is 0.344. The van der Waals surface area contributed by atoms with Gasteiger partial charge in [0.1, 0.15) is 6.61 Å². The fraction of sp³-hybridized carbons (Fsp3) is 0.562. The van der Waals surface area contributed by atoms with Crippen molar-refractivity contribution in [2.45, 2.75) is 50.9 Å². The first-order valence-electron chi connectivity index (χ1n) is 7.20. The van der Waals surface area contributed by atoms with Gasteiger partial charge in [0.15, 0.2) is 6.10 Å². The number of hydrogen-bond donors (Lipinski definition) is 0. The number of rotatable bonds is 4. The summed E-state index contributed by atoms with van der Waals surface area (Å²) in [5, 5.41) is 0. The molecule has 0 bridgehead atoms. The zero-order valence-corrected chi connectivity index (χ0v) is 11.1. The van der Waals surface area contributed by atoms with Gasteiger partial charge in [-0.3, -0.25) is 0 Å². The second-order valence-electron chi connectivity index (χ2n) is 5.51. The summed E-state index contributed by atoms with van der Waals surface area (Å²) in [6, 6.07) is 9.76. The van der Waals surface area contributed by atoms with Gasteiger partial charge in [0.25, 0.3) is 0 Å². The van der Waals surface area contributed by atoms with Gasteiger partial charge in [-0.2, -0.15) is 0 Å². The van der Waals surface area contributed by atoms with Crippen molar-refractivity contribution in [2.24, 2.45) is 5.92 Å². The van der Waals surface area contributed by atoms with Gasteiger partial charge in [-0.1, -0.05) is 49.6 Å². The van der Waals surface area contributed by atoms with Crippen molar-refractivity contribution in [3.05, 3.63) is 35.9 Å². The maximum absolute atomic E-state index is 11.9. The minimum Gasteiger partial charge on any atom is -0.459 e. The molecule has 1 aromatic rings. The summed E-state index contributed by atoms with van der Waals surface area (Å²) in [7, 11) is 0. The summed E-state index contributed by atoms with van der Waals surface area (Å²) in [4.78, 5) is 11.9. The van der Waals surface area contributed by atoms with Crippen LogP contribution in [-0.4, -0.2) is 18.2 Å². The lowest BCUT2D eigenvalue weighted by atomic mass is 9.86. The first-order valence-corrected chi connectivity index (χ1v) is 7.20. The maximum Gasteiger partial charge on any atom is 0.338 e. The van der Waals surface area contributed by atoms with Crippen molar-refractivity contribution in [1.29, 1.82) is 0 Å². The van der Waals surface area contributed by atoms with E-state index in [1.807, 2.05) is 30.3 Å². The molecular weight excluding hydrogens is 240 g/mol. The van der Waals surface area contributed by atoms with E-state index in [4.69, 9.17) is 9.47 Å². The second-order valence-corrected chi connectivity index (χ2v) is 5.51.